The quantitative estimate of drug-likeness (QED) is 0.536. The molecule has 3 rings (SSSR count). The summed E-state index contributed by atoms with van der Waals surface area (Å²) in [6.45, 7) is 0.913. The lowest BCUT2D eigenvalue weighted by atomic mass is 10.0. The van der Waals surface area contributed by atoms with Gasteiger partial charge in [0.15, 0.2) is 0 Å². The fourth-order valence-electron chi connectivity index (χ4n) is 2.81. The van der Waals surface area contributed by atoms with E-state index in [9.17, 15) is 27.2 Å². The Morgan fingerprint density at radius 1 is 1.28 bits per heavy atom. The highest BCUT2D eigenvalue weighted by molar-refractivity contribution is 6.33. The lowest BCUT2D eigenvalue weighted by Crippen LogP contribution is -2.16. The minimum absolute atomic E-state index is 0.0619. The summed E-state index contributed by atoms with van der Waals surface area (Å²) in [6.07, 6.45) is -4.75. The fourth-order valence-corrected chi connectivity index (χ4v) is 3.08. The van der Waals surface area contributed by atoms with Gasteiger partial charge in [0.25, 0.3) is 5.56 Å². The van der Waals surface area contributed by atoms with Crippen LogP contribution in [0, 0.1) is 12.7 Å². The second-order valence-electron chi connectivity index (χ2n) is 6.15. The standard InChI is InChI=1S/C18H12ClF4N3O3/c1-7-25-14-5-11(18(21,22)23)9(2-10(14)16(27)26-7)6-24-15-12(19)3-8(17(28)29)4-13(15)20/h2-5,24H,6H2,1H3,(H,28,29)(H,25,26,27). The van der Waals surface area contributed by atoms with Crippen molar-refractivity contribution in [2.45, 2.75) is 19.6 Å². The zero-order chi connectivity index (χ0) is 21.5. The van der Waals surface area contributed by atoms with Crippen molar-refractivity contribution in [3.05, 3.63) is 68.0 Å². The predicted octanol–water partition coefficient (Wildman–Crippen LogP) is 4.35. The average Bonchev–Trinajstić information content (AvgIpc) is 2.59. The van der Waals surface area contributed by atoms with Crippen LogP contribution in [0.25, 0.3) is 10.9 Å². The summed E-state index contributed by atoms with van der Waals surface area (Å²) < 4.78 is 54.7. The molecule has 0 unspecified atom stereocenters. The minimum atomic E-state index is -4.75. The zero-order valence-electron chi connectivity index (χ0n) is 14.6. The Labute approximate surface area is 165 Å². The third-order valence-corrected chi connectivity index (χ3v) is 4.40. The second-order valence-corrected chi connectivity index (χ2v) is 6.56. The first-order valence-corrected chi connectivity index (χ1v) is 8.42. The number of benzene rings is 2. The van der Waals surface area contributed by atoms with Gasteiger partial charge in [0.1, 0.15) is 11.6 Å². The van der Waals surface area contributed by atoms with Crippen LogP contribution in [0.15, 0.2) is 29.1 Å². The molecule has 0 fully saturated rings. The topological polar surface area (TPSA) is 95.1 Å². The molecule has 0 saturated heterocycles. The molecule has 0 aliphatic rings. The number of aryl methyl sites for hydroxylation is 1. The molecule has 0 saturated carbocycles. The summed E-state index contributed by atoms with van der Waals surface area (Å²) in [4.78, 5) is 29.3. The Morgan fingerprint density at radius 3 is 2.55 bits per heavy atom. The van der Waals surface area contributed by atoms with Gasteiger partial charge in [-0.05, 0) is 36.8 Å². The van der Waals surface area contributed by atoms with Gasteiger partial charge in [0.05, 0.1) is 32.7 Å². The van der Waals surface area contributed by atoms with E-state index in [1.165, 1.54) is 6.92 Å². The summed E-state index contributed by atoms with van der Waals surface area (Å²) in [5.41, 5.74) is -2.89. The maximum absolute atomic E-state index is 14.2. The summed E-state index contributed by atoms with van der Waals surface area (Å²) >= 11 is 5.86. The summed E-state index contributed by atoms with van der Waals surface area (Å²) in [6, 6.07) is 3.44. The van der Waals surface area contributed by atoms with Crippen LogP contribution in [-0.2, 0) is 12.7 Å². The van der Waals surface area contributed by atoms with Gasteiger partial charge in [-0.15, -0.1) is 0 Å². The zero-order valence-corrected chi connectivity index (χ0v) is 15.4. The molecule has 0 atom stereocenters. The van der Waals surface area contributed by atoms with Crippen LogP contribution >= 0.6 is 11.6 Å². The number of carbonyl (C=O) groups is 1. The molecular formula is C18H12ClF4N3O3. The Bertz CT molecular complexity index is 1170. The molecule has 0 aliphatic carbocycles. The van der Waals surface area contributed by atoms with Crippen molar-refractivity contribution >= 4 is 34.2 Å². The van der Waals surface area contributed by atoms with E-state index in [0.717, 1.165) is 18.2 Å². The number of carboxylic acid groups (broad SMARTS) is 1. The average molecular weight is 430 g/mol. The molecule has 3 N–H and O–H groups in total. The molecular weight excluding hydrogens is 418 g/mol. The number of nitrogens with one attached hydrogen (secondary N) is 2. The van der Waals surface area contributed by atoms with E-state index in [2.05, 4.69) is 15.3 Å². The number of nitrogens with zero attached hydrogens (tertiary/aromatic N) is 1. The molecule has 0 aliphatic heterocycles. The lowest BCUT2D eigenvalue weighted by Gasteiger charge is -2.16. The molecule has 3 aromatic rings. The van der Waals surface area contributed by atoms with Crippen LogP contribution in [0.4, 0.5) is 23.2 Å². The first-order chi connectivity index (χ1) is 13.5. The van der Waals surface area contributed by atoms with Crippen LogP contribution < -0.4 is 10.9 Å². The van der Waals surface area contributed by atoms with Gasteiger partial charge in [-0.2, -0.15) is 13.2 Å². The summed E-state index contributed by atoms with van der Waals surface area (Å²) in [5, 5.41) is 11.0. The number of hydrogen-bond acceptors (Lipinski definition) is 4. The number of hydrogen-bond donors (Lipinski definition) is 3. The minimum Gasteiger partial charge on any atom is -0.478 e. The lowest BCUT2D eigenvalue weighted by molar-refractivity contribution is -0.138. The molecule has 0 spiro atoms. The van der Waals surface area contributed by atoms with Crippen molar-refractivity contribution in [1.82, 2.24) is 9.97 Å². The van der Waals surface area contributed by atoms with Gasteiger partial charge >= 0.3 is 12.1 Å². The number of halogens is 5. The summed E-state index contributed by atoms with van der Waals surface area (Å²) in [5.74, 6) is -2.29. The molecule has 0 bridgehead atoms. The largest absolute Gasteiger partial charge is 0.478 e. The first kappa shape index (κ1) is 20.6. The van der Waals surface area contributed by atoms with Gasteiger partial charge in [0.2, 0.25) is 0 Å². The van der Waals surface area contributed by atoms with Crippen molar-refractivity contribution < 1.29 is 27.5 Å². The molecule has 1 heterocycles. The Hall–Kier alpha value is -3.14. The van der Waals surface area contributed by atoms with Crippen molar-refractivity contribution in [1.29, 1.82) is 0 Å². The number of H-pyrrole nitrogens is 1. The van der Waals surface area contributed by atoms with E-state index in [4.69, 9.17) is 16.7 Å². The van der Waals surface area contributed by atoms with Crippen LogP contribution in [0.2, 0.25) is 5.02 Å². The highest BCUT2D eigenvalue weighted by Gasteiger charge is 2.34. The number of aromatic amines is 1. The number of anilines is 1. The van der Waals surface area contributed by atoms with Crippen LogP contribution in [-0.4, -0.2) is 21.0 Å². The van der Waals surface area contributed by atoms with Crippen LogP contribution in [0.1, 0.15) is 27.3 Å². The van der Waals surface area contributed by atoms with Crippen molar-refractivity contribution in [2.24, 2.45) is 0 Å². The van der Waals surface area contributed by atoms with Crippen molar-refractivity contribution in [3.8, 4) is 0 Å². The molecule has 152 valence electrons. The van der Waals surface area contributed by atoms with Crippen LogP contribution in [0.3, 0.4) is 0 Å². The molecule has 1 aromatic heterocycles. The molecule has 0 amide bonds. The van der Waals surface area contributed by atoms with Crippen molar-refractivity contribution in [2.75, 3.05) is 5.32 Å². The molecule has 0 radical (unpaired) electrons. The van der Waals surface area contributed by atoms with E-state index >= 15 is 0 Å². The highest BCUT2D eigenvalue weighted by Crippen LogP contribution is 2.35. The number of fused-ring (bicyclic) bond motifs is 1. The van der Waals surface area contributed by atoms with Gasteiger partial charge in [0, 0.05) is 6.54 Å². The SMILES string of the molecule is Cc1nc2cc(C(F)(F)F)c(CNc3c(F)cc(C(=O)O)cc3Cl)cc2c(=O)[nH]1. The number of alkyl halides is 3. The normalized spacial score (nSPS) is 11.7. The Morgan fingerprint density at radius 2 is 1.97 bits per heavy atom. The number of aromatic nitrogens is 2. The van der Waals surface area contributed by atoms with E-state index in [-0.39, 0.29) is 33.0 Å². The molecule has 2 aromatic carbocycles. The molecule has 6 nitrogen and oxygen atoms in total. The molecule has 29 heavy (non-hydrogen) atoms. The smallest absolute Gasteiger partial charge is 0.416 e. The Balaban J connectivity index is 2.06. The van der Waals surface area contributed by atoms with Gasteiger partial charge in [-0.1, -0.05) is 11.6 Å². The maximum Gasteiger partial charge on any atom is 0.416 e. The second kappa shape index (κ2) is 7.36. The maximum atomic E-state index is 14.2. The molecule has 11 heteroatoms. The third kappa shape index (κ3) is 4.16. The first-order valence-electron chi connectivity index (χ1n) is 8.04. The van der Waals surface area contributed by atoms with E-state index in [1.807, 2.05) is 0 Å². The van der Waals surface area contributed by atoms with E-state index < -0.39 is 41.2 Å². The van der Waals surface area contributed by atoms with Gasteiger partial charge in [-0.3, -0.25) is 4.79 Å². The third-order valence-electron chi connectivity index (χ3n) is 4.10. The Kier molecular flexibility index (Phi) is 5.22. The summed E-state index contributed by atoms with van der Waals surface area (Å²) in [7, 11) is 0. The number of carboxylic acids is 1. The monoisotopic (exact) mass is 429 g/mol. The number of rotatable bonds is 4. The predicted molar refractivity (Wildman–Crippen MR) is 97.8 cm³/mol. The number of aromatic carboxylic acids is 1. The van der Waals surface area contributed by atoms with Crippen molar-refractivity contribution in [3.63, 3.8) is 0 Å². The van der Waals surface area contributed by atoms with E-state index in [0.29, 0.717) is 6.07 Å². The van der Waals surface area contributed by atoms with Crippen LogP contribution in [0.5, 0.6) is 0 Å². The van der Waals surface area contributed by atoms with Gasteiger partial charge in [-0.25, -0.2) is 14.2 Å². The van der Waals surface area contributed by atoms with E-state index in [1.54, 1.807) is 0 Å². The van der Waals surface area contributed by atoms with Gasteiger partial charge < -0.3 is 15.4 Å². The fraction of sp³-hybridized carbons (Fsp3) is 0.167. The highest BCUT2D eigenvalue weighted by atomic mass is 35.5.